The molecule has 162 valence electrons. The van der Waals surface area contributed by atoms with Crippen molar-refractivity contribution in [3.63, 3.8) is 0 Å². The zero-order valence-corrected chi connectivity index (χ0v) is 18.4. The molecule has 0 bridgehead atoms. The zero-order valence-electron chi connectivity index (χ0n) is 18.4. The molecule has 4 rings (SSSR count). The lowest BCUT2D eigenvalue weighted by molar-refractivity contribution is 0.404. The second-order valence-corrected chi connectivity index (χ2v) is 8.00. The molecule has 0 saturated heterocycles. The highest BCUT2D eigenvalue weighted by atomic mass is 16.5. The Bertz CT molecular complexity index is 1060. The Morgan fingerprint density at radius 3 is 2.65 bits per heavy atom. The van der Waals surface area contributed by atoms with Crippen LogP contribution in [0, 0.1) is 0 Å². The lowest BCUT2D eigenvalue weighted by atomic mass is 9.99. The lowest BCUT2D eigenvalue weighted by Crippen LogP contribution is -2.24. The smallest absolute Gasteiger partial charge is 0.126 e. The minimum absolute atomic E-state index is 0.283. The Balaban J connectivity index is 1.49. The molecular formula is C26H30N2O3. The number of hydrogen-bond donors (Lipinski definition) is 2. The lowest BCUT2D eigenvalue weighted by Gasteiger charge is -2.27. The van der Waals surface area contributed by atoms with Crippen LogP contribution in [0.2, 0.25) is 0 Å². The number of anilines is 1. The number of methoxy groups -OCH3 is 2. The molecule has 1 heterocycles. The molecule has 5 heteroatoms. The molecule has 0 spiro atoms. The summed E-state index contributed by atoms with van der Waals surface area (Å²) in [6, 6.07) is 18.1. The number of rotatable bonds is 7. The average Bonchev–Trinajstić information content (AvgIpc) is 2.80. The second-order valence-electron chi connectivity index (χ2n) is 8.00. The number of aryl methyl sites for hydroxylation is 1. The summed E-state index contributed by atoms with van der Waals surface area (Å²) in [5.41, 5.74) is 6.78. The quantitative estimate of drug-likeness (QED) is 0.580. The van der Waals surface area contributed by atoms with E-state index in [9.17, 15) is 5.11 Å². The van der Waals surface area contributed by atoms with Gasteiger partial charge in [-0.2, -0.15) is 0 Å². The Labute approximate surface area is 184 Å². The van der Waals surface area contributed by atoms with Gasteiger partial charge in [-0.15, -0.1) is 0 Å². The van der Waals surface area contributed by atoms with E-state index < -0.39 is 0 Å². The molecule has 31 heavy (non-hydrogen) atoms. The van der Waals surface area contributed by atoms with Crippen molar-refractivity contribution in [2.75, 3.05) is 32.7 Å². The molecule has 1 aliphatic rings. The summed E-state index contributed by atoms with van der Waals surface area (Å²) < 4.78 is 10.9. The van der Waals surface area contributed by atoms with Crippen LogP contribution < -0.4 is 19.7 Å². The van der Waals surface area contributed by atoms with E-state index in [0.29, 0.717) is 6.54 Å². The number of nitrogens with one attached hydrogen (secondary N) is 1. The minimum atomic E-state index is 0.283. The molecule has 2 N–H and O–H groups in total. The molecule has 0 atom stereocenters. The van der Waals surface area contributed by atoms with Crippen LogP contribution >= 0.6 is 0 Å². The van der Waals surface area contributed by atoms with Crippen molar-refractivity contribution in [1.29, 1.82) is 0 Å². The summed E-state index contributed by atoms with van der Waals surface area (Å²) in [5, 5.41) is 13.9. The molecule has 0 aliphatic carbocycles. The number of phenols is 1. The topological polar surface area (TPSA) is 54.0 Å². The van der Waals surface area contributed by atoms with Gasteiger partial charge in [0.1, 0.15) is 17.2 Å². The summed E-state index contributed by atoms with van der Waals surface area (Å²) in [4.78, 5) is 2.33. The standard InChI is InChI=1S/C26H30N2O3/c1-28-12-4-5-20-13-18(6-9-24(20)28)16-27-17-21-14-19(7-10-25(21)29)23-15-22(30-2)8-11-26(23)31-3/h6-11,13-15,27,29H,4-5,12,16-17H2,1-3H3. The number of benzene rings is 3. The first-order valence-corrected chi connectivity index (χ1v) is 10.7. The van der Waals surface area contributed by atoms with Gasteiger partial charge in [-0.3, -0.25) is 0 Å². The molecule has 3 aromatic carbocycles. The van der Waals surface area contributed by atoms with Crippen LogP contribution in [0.1, 0.15) is 23.1 Å². The van der Waals surface area contributed by atoms with Crippen LogP contribution in [-0.2, 0) is 19.5 Å². The van der Waals surface area contributed by atoms with Gasteiger partial charge < -0.3 is 24.8 Å². The van der Waals surface area contributed by atoms with E-state index in [4.69, 9.17) is 9.47 Å². The fraction of sp³-hybridized carbons (Fsp3) is 0.308. The summed E-state index contributed by atoms with van der Waals surface area (Å²) >= 11 is 0. The first kappa shape index (κ1) is 21.1. The van der Waals surface area contributed by atoms with Crippen LogP contribution in [0.4, 0.5) is 5.69 Å². The molecule has 5 nitrogen and oxygen atoms in total. The normalized spacial score (nSPS) is 13.1. The van der Waals surface area contributed by atoms with E-state index in [1.165, 1.54) is 23.2 Å². The van der Waals surface area contributed by atoms with E-state index in [2.05, 4.69) is 35.5 Å². The highest BCUT2D eigenvalue weighted by molar-refractivity contribution is 5.73. The van der Waals surface area contributed by atoms with Crippen molar-refractivity contribution in [2.24, 2.45) is 0 Å². The van der Waals surface area contributed by atoms with E-state index in [0.717, 1.165) is 47.7 Å². The Hall–Kier alpha value is -3.18. The van der Waals surface area contributed by atoms with E-state index in [1.54, 1.807) is 20.3 Å². The van der Waals surface area contributed by atoms with Gasteiger partial charge >= 0.3 is 0 Å². The van der Waals surface area contributed by atoms with Gasteiger partial charge in [0.05, 0.1) is 14.2 Å². The fourth-order valence-corrected chi connectivity index (χ4v) is 4.22. The van der Waals surface area contributed by atoms with Crippen LogP contribution in [0.15, 0.2) is 54.6 Å². The van der Waals surface area contributed by atoms with Gasteiger partial charge in [-0.25, -0.2) is 0 Å². The van der Waals surface area contributed by atoms with Crippen molar-refractivity contribution in [3.05, 3.63) is 71.3 Å². The van der Waals surface area contributed by atoms with Gasteiger partial charge in [-0.1, -0.05) is 18.2 Å². The number of hydrogen-bond acceptors (Lipinski definition) is 5. The third-order valence-electron chi connectivity index (χ3n) is 5.94. The van der Waals surface area contributed by atoms with Crippen molar-refractivity contribution in [3.8, 4) is 28.4 Å². The maximum Gasteiger partial charge on any atom is 0.126 e. The number of ether oxygens (including phenoxy) is 2. The van der Waals surface area contributed by atoms with Crippen LogP contribution in [0.3, 0.4) is 0 Å². The first-order chi connectivity index (χ1) is 15.1. The van der Waals surface area contributed by atoms with Gasteiger partial charge in [0.2, 0.25) is 0 Å². The van der Waals surface area contributed by atoms with Crippen LogP contribution in [0.25, 0.3) is 11.1 Å². The van der Waals surface area contributed by atoms with Crippen LogP contribution in [-0.4, -0.2) is 32.9 Å². The van der Waals surface area contributed by atoms with Gasteiger partial charge in [0.15, 0.2) is 0 Å². The average molecular weight is 419 g/mol. The van der Waals surface area contributed by atoms with E-state index in [1.807, 2.05) is 30.3 Å². The number of aromatic hydroxyl groups is 1. The van der Waals surface area contributed by atoms with Crippen LogP contribution in [0.5, 0.6) is 17.2 Å². The van der Waals surface area contributed by atoms with E-state index in [-0.39, 0.29) is 5.75 Å². The second kappa shape index (κ2) is 9.31. The predicted octanol–water partition coefficient (Wildman–Crippen LogP) is 4.75. The summed E-state index contributed by atoms with van der Waals surface area (Å²) in [5.74, 6) is 1.82. The Morgan fingerprint density at radius 1 is 0.968 bits per heavy atom. The summed E-state index contributed by atoms with van der Waals surface area (Å²) in [7, 11) is 5.46. The van der Waals surface area contributed by atoms with Gasteiger partial charge in [0.25, 0.3) is 0 Å². The Morgan fingerprint density at radius 2 is 1.84 bits per heavy atom. The largest absolute Gasteiger partial charge is 0.508 e. The molecule has 0 radical (unpaired) electrons. The monoisotopic (exact) mass is 418 g/mol. The highest BCUT2D eigenvalue weighted by Gasteiger charge is 2.14. The van der Waals surface area contributed by atoms with Gasteiger partial charge in [-0.05, 0) is 65.9 Å². The van der Waals surface area contributed by atoms with Crippen molar-refractivity contribution >= 4 is 5.69 Å². The predicted molar refractivity (Wildman–Crippen MR) is 125 cm³/mol. The molecule has 3 aromatic rings. The van der Waals surface area contributed by atoms with Crippen molar-refractivity contribution < 1.29 is 14.6 Å². The fourth-order valence-electron chi connectivity index (χ4n) is 4.22. The summed E-state index contributed by atoms with van der Waals surface area (Å²) in [6.45, 7) is 2.45. The maximum atomic E-state index is 10.4. The van der Waals surface area contributed by atoms with Gasteiger partial charge in [0, 0.05) is 43.5 Å². The third kappa shape index (κ3) is 4.62. The first-order valence-electron chi connectivity index (χ1n) is 10.7. The summed E-state index contributed by atoms with van der Waals surface area (Å²) in [6.07, 6.45) is 2.34. The maximum absolute atomic E-state index is 10.4. The third-order valence-corrected chi connectivity index (χ3v) is 5.94. The number of nitrogens with zero attached hydrogens (tertiary/aromatic N) is 1. The number of fused-ring (bicyclic) bond motifs is 1. The van der Waals surface area contributed by atoms with Crippen molar-refractivity contribution in [2.45, 2.75) is 25.9 Å². The SMILES string of the molecule is COc1ccc(OC)c(-c2ccc(O)c(CNCc3ccc4c(c3)CCCN4C)c2)c1. The molecule has 0 amide bonds. The zero-order chi connectivity index (χ0) is 21.8. The van der Waals surface area contributed by atoms with E-state index >= 15 is 0 Å². The Kier molecular flexibility index (Phi) is 6.33. The molecule has 0 fully saturated rings. The molecule has 0 unspecified atom stereocenters. The van der Waals surface area contributed by atoms with Crippen molar-refractivity contribution in [1.82, 2.24) is 5.32 Å². The molecule has 1 aliphatic heterocycles. The number of phenolic OH excluding ortho intramolecular Hbond substituents is 1. The molecule has 0 aromatic heterocycles. The highest BCUT2D eigenvalue weighted by Crippen LogP contribution is 2.35. The molecular weight excluding hydrogens is 388 g/mol. The minimum Gasteiger partial charge on any atom is -0.508 e. The molecule has 0 saturated carbocycles.